The smallest absolute Gasteiger partial charge is 0.338 e. The zero-order valence-electron chi connectivity index (χ0n) is 16.1. The van der Waals surface area contributed by atoms with E-state index < -0.39 is 37.8 Å². The van der Waals surface area contributed by atoms with E-state index in [4.69, 9.17) is 9.15 Å². The van der Waals surface area contributed by atoms with Crippen LogP contribution in [0.1, 0.15) is 27.2 Å². The molecule has 12 heteroatoms. The van der Waals surface area contributed by atoms with E-state index in [-0.39, 0.29) is 33.4 Å². The maximum Gasteiger partial charge on any atom is 0.338 e. The Hall–Kier alpha value is -4.87. The Balaban J connectivity index is 2.19. The number of hydrogen-bond acceptors (Lipinski definition) is 9. The van der Waals surface area contributed by atoms with Gasteiger partial charge in [0, 0.05) is 29.3 Å². The maximum absolute atomic E-state index is 12.5. The number of esters is 1. The first-order valence-corrected chi connectivity index (χ1v) is 8.86. The van der Waals surface area contributed by atoms with Crippen molar-refractivity contribution in [2.75, 3.05) is 7.11 Å². The van der Waals surface area contributed by atoms with Crippen LogP contribution in [0.25, 0.3) is 22.8 Å². The minimum atomic E-state index is -0.956. The second kappa shape index (κ2) is 7.43. The Labute approximate surface area is 177 Å². The fourth-order valence-electron chi connectivity index (χ4n) is 3.64. The molecule has 0 radical (unpaired) electrons. The van der Waals surface area contributed by atoms with Crippen LogP contribution in [-0.4, -0.2) is 27.8 Å². The molecule has 0 fully saturated rings. The Morgan fingerprint density at radius 2 is 1.56 bits per heavy atom. The zero-order chi connectivity index (χ0) is 23.2. The molecule has 0 atom stereocenters. The van der Waals surface area contributed by atoms with Gasteiger partial charge in [-0.2, -0.15) is 0 Å². The lowest BCUT2D eigenvalue weighted by molar-refractivity contribution is -0.393. The molecule has 1 aliphatic rings. The van der Waals surface area contributed by atoms with E-state index >= 15 is 0 Å². The third-order valence-corrected chi connectivity index (χ3v) is 4.91. The normalized spacial score (nSPS) is 12.8. The molecular weight excluding hydrogens is 426 g/mol. The van der Waals surface area contributed by atoms with Gasteiger partial charge in [-0.15, -0.1) is 0 Å². The van der Waals surface area contributed by atoms with Crippen molar-refractivity contribution in [1.82, 2.24) is 0 Å². The molecule has 0 aliphatic heterocycles. The van der Waals surface area contributed by atoms with Crippen molar-refractivity contribution < 1.29 is 28.7 Å². The Morgan fingerprint density at radius 3 is 2.09 bits per heavy atom. The van der Waals surface area contributed by atoms with Crippen molar-refractivity contribution in [3.8, 4) is 11.1 Å². The first kappa shape index (κ1) is 20.4. The molecule has 4 rings (SSSR count). The molecule has 0 saturated carbocycles. The monoisotopic (exact) mass is 437 g/mol. The topological polar surface area (TPSA) is 169 Å². The van der Waals surface area contributed by atoms with Crippen LogP contribution in [-0.2, 0) is 4.74 Å². The van der Waals surface area contributed by atoms with Gasteiger partial charge in [-0.1, -0.05) is 0 Å². The van der Waals surface area contributed by atoms with E-state index in [2.05, 4.69) is 0 Å². The number of nitro groups is 3. The highest BCUT2D eigenvalue weighted by Crippen LogP contribution is 2.53. The predicted molar refractivity (Wildman–Crippen MR) is 109 cm³/mol. The molecule has 32 heavy (non-hydrogen) atoms. The summed E-state index contributed by atoms with van der Waals surface area (Å²) in [6, 6.07) is 7.13. The van der Waals surface area contributed by atoms with Crippen molar-refractivity contribution in [3.05, 3.63) is 95.5 Å². The van der Waals surface area contributed by atoms with E-state index in [1.165, 1.54) is 12.3 Å². The highest BCUT2D eigenvalue weighted by atomic mass is 16.6. The van der Waals surface area contributed by atoms with Gasteiger partial charge in [-0.25, -0.2) is 4.79 Å². The van der Waals surface area contributed by atoms with Gasteiger partial charge in [0.2, 0.25) is 0 Å². The summed E-state index contributed by atoms with van der Waals surface area (Å²) in [7, 11) is 1.06. The van der Waals surface area contributed by atoms with Crippen LogP contribution in [0, 0.1) is 30.3 Å². The van der Waals surface area contributed by atoms with Gasteiger partial charge in [-0.3, -0.25) is 30.3 Å². The number of nitrogens with zero attached hydrogens (tertiary/aromatic N) is 3. The molecule has 1 aromatic heterocycles. The molecule has 1 aliphatic carbocycles. The molecule has 0 unspecified atom stereocenters. The molecule has 0 bridgehead atoms. The maximum atomic E-state index is 12.5. The first-order valence-electron chi connectivity index (χ1n) is 8.86. The van der Waals surface area contributed by atoms with Crippen molar-refractivity contribution >= 4 is 34.7 Å². The molecule has 3 aromatic rings. The fraction of sp³-hybridized carbons (Fsp3) is 0.0500. The van der Waals surface area contributed by atoms with Crippen molar-refractivity contribution in [3.63, 3.8) is 0 Å². The molecule has 0 saturated heterocycles. The first-order chi connectivity index (χ1) is 15.2. The fourth-order valence-corrected chi connectivity index (χ4v) is 3.64. The number of rotatable bonds is 5. The van der Waals surface area contributed by atoms with Crippen LogP contribution >= 0.6 is 0 Å². The summed E-state index contributed by atoms with van der Waals surface area (Å²) in [5.41, 5.74) is -1.64. The van der Waals surface area contributed by atoms with Gasteiger partial charge in [0.25, 0.3) is 17.1 Å². The number of carbonyl (C=O) groups excluding carboxylic acids is 1. The molecule has 2 aromatic carbocycles. The van der Waals surface area contributed by atoms with Crippen LogP contribution < -0.4 is 0 Å². The van der Waals surface area contributed by atoms with Crippen LogP contribution in [0.5, 0.6) is 0 Å². The number of carbonyl (C=O) groups is 1. The summed E-state index contributed by atoms with van der Waals surface area (Å²) in [5.74, 6) is -0.665. The Kier molecular flexibility index (Phi) is 4.74. The number of nitro benzene ring substituents is 3. The Morgan fingerprint density at radius 1 is 0.938 bits per heavy atom. The molecule has 0 N–H and O–H groups in total. The lowest BCUT2D eigenvalue weighted by Gasteiger charge is -2.08. The lowest BCUT2D eigenvalue weighted by atomic mass is 9.97. The summed E-state index contributed by atoms with van der Waals surface area (Å²) in [5, 5.41) is 34.7. The molecule has 0 amide bonds. The minimum Gasteiger partial charge on any atom is -0.465 e. The number of hydrogen-bond donors (Lipinski definition) is 0. The average molecular weight is 437 g/mol. The summed E-state index contributed by atoms with van der Waals surface area (Å²) in [6.07, 6.45) is 2.80. The number of ether oxygens (including phenoxy) is 1. The second-order valence-corrected chi connectivity index (χ2v) is 6.64. The number of non-ortho nitro benzene ring substituents is 2. The van der Waals surface area contributed by atoms with E-state index in [0.717, 1.165) is 31.4 Å². The summed E-state index contributed by atoms with van der Waals surface area (Å²) >= 11 is 0. The number of furan rings is 1. The quantitative estimate of drug-likeness (QED) is 0.250. The summed E-state index contributed by atoms with van der Waals surface area (Å²) < 4.78 is 10.0. The van der Waals surface area contributed by atoms with Crippen LogP contribution in [0.3, 0.4) is 0 Å². The van der Waals surface area contributed by atoms with Crippen LogP contribution in [0.2, 0.25) is 0 Å². The third kappa shape index (κ3) is 3.15. The standard InChI is InChI=1S/C20H11N3O9/c1-31-20(24)16-7-10(21(25)26)5-14-13(9-12-3-2-4-32-12)15-6-11(22(27)28)8-17(23(29)30)19(15)18(14)16/h2-9H,1H3/b13-9+. The van der Waals surface area contributed by atoms with Crippen molar-refractivity contribution in [2.24, 2.45) is 0 Å². The summed E-state index contributed by atoms with van der Waals surface area (Å²) in [4.78, 5) is 44.9. The molecular formula is C20H11N3O9. The van der Waals surface area contributed by atoms with Gasteiger partial charge >= 0.3 is 5.97 Å². The third-order valence-electron chi connectivity index (χ3n) is 4.91. The van der Waals surface area contributed by atoms with Crippen molar-refractivity contribution in [1.29, 1.82) is 0 Å². The largest absolute Gasteiger partial charge is 0.465 e. The van der Waals surface area contributed by atoms with Gasteiger partial charge in [0.15, 0.2) is 0 Å². The minimum absolute atomic E-state index is 0.0110. The highest BCUT2D eigenvalue weighted by molar-refractivity contribution is 6.14. The van der Waals surface area contributed by atoms with Gasteiger partial charge < -0.3 is 9.15 Å². The zero-order valence-corrected chi connectivity index (χ0v) is 16.1. The van der Waals surface area contributed by atoms with Crippen molar-refractivity contribution in [2.45, 2.75) is 0 Å². The average Bonchev–Trinajstić information content (AvgIpc) is 3.38. The van der Waals surface area contributed by atoms with Crippen LogP contribution in [0.4, 0.5) is 17.1 Å². The predicted octanol–water partition coefficient (Wildman–Crippen LogP) is 4.36. The molecule has 160 valence electrons. The lowest BCUT2D eigenvalue weighted by Crippen LogP contribution is -2.06. The van der Waals surface area contributed by atoms with E-state index in [0.29, 0.717) is 5.76 Å². The summed E-state index contributed by atoms with van der Waals surface area (Å²) in [6.45, 7) is 0. The van der Waals surface area contributed by atoms with E-state index in [1.807, 2.05) is 0 Å². The molecule has 1 heterocycles. The van der Waals surface area contributed by atoms with Gasteiger partial charge in [0.1, 0.15) is 5.76 Å². The van der Waals surface area contributed by atoms with Gasteiger partial charge in [0.05, 0.1) is 45.3 Å². The molecule has 0 spiro atoms. The van der Waals surface area contributed by atoms with Crippen LogP contribution in [0.15, 0.2) is 47.1 Å². The van der Waals surface area contributed by atoms with E-state index in [9.17, 15) is 35.1 Å². The highest BCUT2D eigenvalue weighted by Gasteiger charge is 2.38. The van der Waals surface area contributed by atoms with Gasteiger partial charge in [-0.05, 0) is 29.3 Å². The number of benzene rings is 2. The number of fused-ring (bicyclic) bond motifs is 3. The molecule has 12 nitrogen and oxygen atoms in total. The SMILES string of the molecule is COC(=O)c1cc([N+](=O)[O-])cc2c1-c1c(cc([N+](=O)[O-])cc1[N+](=O)[O-])/C2=C/c1ccco1. The Bertz CT molecular complexity index is 1360. The number of methoxy groups -OCH3 is 1. The van der Waals surface area contributed by atoms with E-state index in [1.54, 1.807) is 12.1 Å². The second-order valence-electron chi connectivity index (χ2n) is 6.64.